The zero-order chi connectivity index (χ0) is 17.7. The number of benzene rings is 1. The van der Waals surface area contributed by atoms with Gasteiger partial charge in [-0.1, -0.05) is 30.3 Å². The van der Waals surface area contributed by atoms with Crippen LogP contribution in [-0.4, -0.2) is 35.5 Å². The van der Waals surface area contributed by atoms with E-state index in [0.29, 0.717) is 5.76 Å². The van der Waals surface area contributed by atoms with E-state index in [2.05, 4.69) is 22.3 Å². The number of rotatable bonds is 6. The topological polar surface area (TPSA) is 65.7 Å². The molecule has 0 bridgehead atoms. The van der Waals surface area contributed by atoms with Crippen molar-refractivity contribution in [3.63, 3.8) is 0 Å². The van der Waals surface area contributed by atoms with E-state index < -0.39 is 5.60 Å². The fourth-order valence-electron chi connectivity index (χ4n) is 3.33. The molecule has 25 heavy (non-hydrogen) atoms. The maximum atomic E-state index is 12.5. The number of likely N-dealkylation sites (tertiary alicyclic amines) is 1. The zero-order valence-electron chi connectivity index (χ0n) is 14.6. The molecule has 5 nitrogen and oxygen atoms in total. The molecule has 1 fully saturated rings. The van der Waals surface area contributed by atoms with Gasteiger partial charge in [0.1, 0.15) is 11.4 Å². The third-order valence-electron chi connectivity index (χ3n) is 4.78. The number of piperidine rings is 1. The highest BCUT2D eigenvalue weighted by Gasteiger charge is 2.30. The van der Waals surface area contributed by atoms with Gasteiger partial charge in [0.25, 0.3) is 0 Å². The van der Waals surface area contributed by atoms with Crippen LogP contribution in [-0.2, 0) is 16.9 Å². The van der Waals surface area contributed by atoms with Crippen molar-refractivity contribution >= 4 is 5.91 Å². The van der Waals surface area contributed by atoms with Crippen LogP contribution in [0.4, 0.5) is 0 Å². The number of nitrogens with zero attached hydrogens (tertiary/aromatic N) is 1. The minimum atomic E-state index is -1.20. The maximum absolute atomic E-state index is 12.5. The molecule has 134 valence electrons. The molecule has 0 saturated carbocycles. The van der Waals surface area contributed by atoms with E-state index >= 15 is 0 Å². The molecule has 1 saturated heterocycles. The Morgan fingerprint density at radius 3 is 2.84 bits per heavy atom. The number of nitrogens with one attached hydrogen (secondary N) is 1. The van der Waals surface area contributed by atoms with E-state index in [1.807, 2.05) is 18.2 Å². The quantitative estimate of drug-likeness (QED) is 0.847. The lowest BCUT2D eigenvalue weighted by molar-refractivity contribution is -0.128. The van der Waals surface area contributed by atoms with Crippen LogP contribution in [0.25, 0.3) is 0 Å². The Morgan fingerprint density at radius 1 is 1.32 bits per heavy atom. The van der Waals surface area contributed by atoms with Crippen LogP contribution in [0.15, 0.2) is 53.1 Å². The Hall–Kier alpha value is -2.11. The lowest BCUT2D eigenvalue weighted by Gasteiger charge is -2.32. The third kappa shape index (κ3) is 4.71. The van der Waals surface area contributed by atoms with Crippen molar-refractivity contribution in [1.29, 1.82) is 0 Å². The van der Waals surface area contributed by atoms with Gasteiger partial charge in [-0.05, 0) is 44.0 Å². The predicted octanol–water partition coefficient (Wildman–Crippen LogP) is 2.52. The van der Waals surface area contributed by atoms with Crippen LogP contribution in [0, 0.1) is 5.92 Å². The van der Waals surface area contributed by atoms with E-state index in [-0.39, 0.29) is 18.4 Å². The number of amides is 1. The van der Waals surface area contributed by atoms with Crippen molar-refractivity contribution in [1.82, 2.24) is 10.2 Å². The van der Waals surface area contributed by atoms with Gasteiger partial charge in [-0.15, -0.1) is 0 Å². The van der Waals surface area contributed by atoms with Gasteiger partial charge in [0.2, 0.25) is 5.91 Å². The van der Waals surface area contributed by atoms with E-state index in [0.717, 1.165) is 32.5 Å². The highest BCUT2D eigenvalue weighted by atomic mass is 16.4. The van der Waals surface area contributed by atoms with Crippen LogP contribution in [0.1, 0.15) is 31.1 Å². The smallest absolute Gasteiger partial charge is 0.224 e. The first kappa shape index (κ1) is 17.7. The molecular formula is C20H26N2O3. The molecule has 3 rings (SSSR count). The summed E-state index contributed by atoms with van der Waals surface area (Å²) >= 11 is 0. The van der Waals surface area contributed by atoms with Crippen molar-refractivity contribution in [3.8, 4) is 0 Å². The van der Waals surface area contributed by atoms with Crippen LogP contribution in [0.2, 0.25) is 0 Å². The normalized spacial score (nSPS) is 20.8. The third-order valence-corrected chi connectivity index (χ3v) is 4.78. The van der Waals surface area contributed by atoms with E-state index in [9.17, 15) is 9.90 Å². The standard InChI is InChI=1S/C20H26N2O3/c1-20(24,18-10-6-12-25-18)15-21-19(23)17-9-5-11-22(14-17)13-16-7-3-2-4-8-16/h2-4,6-8,10,12,17,24H,5,9,11,13-15H2,1H3,(H,21,23). The average Bonchev–Trinajstić information content (AvgIpc) is 3.16. The van der Waals surface area contributed by atoms with Gasteiger partial charge in [-0.2, -0.15) is 0 Å². The fraction of sp³-hybridized carbons (Fsp3) is 0.450. The molecule has 1 aliphatic rings. The first-order valence-corrected chi connectivity index (χ1v) is 8.85. The first-order chi connectivity index (χ1) is 12.0. The molecule has 2 N–H and O–H groups in total. The lowest BCUT2D eigenvalue weighted by atomic mass is 9.96. The number of hydrogen-bond acceptors (Lipinski definition) is 4. The van der Waals surface area contributed by atoms with E-state index in [4.69, 9.17) is 4.42 Å². The highest BCUT2D eigenvalue weighted by Crippen LogP contribution is 2.22. The van der Waals surface area contributed by atoms with Crippen LogP contribution in [0.3, 0.4) is 0 Å². The van der Waals surface area contributed by atoms with Gasteiger partial charge in [-0.3, -0.25) is 9.69 Å². The SMILES string of the molecule is CC(O)(CNC(=O)C1CCCN(Cc2ccccc2)C1)c1ccco1. The van der Waals surface area contributed by atoms with Gasteiger partial charge in [0.15, 0.2) is 0 Å². The van der Waals surface area contributed by atoms with Crippen molar-refractivity contribution < 1.29 is 14.3 Å². The minimum Gasteiger partial charge on any atom is -0.466 e. The molecule has 2 heterocycles. The second kappa shape index (κ2) is 7.85. The number of furan rings is 1. The molecule has 2 aromatic rings. The Balaban J connectivity index is 1.52. The van der Waals surface area contributed by atoms with Crippen molar-refractivity contribution in [2.75, 3.05) is 19.6 Å². The summed E-state index contributed by atoms with van der Waals surface area (Å²) in [5.41, 5.74) is 0.0710. The van der Waals surface area contributed by atoms with Crippen LogP contribution < -0.4 is 5.32 Å². The van der Waals surface area contributed by atoms with Crippen molar-refractivity contribution in [2.24, 2.45) is 5.92 Å². The molecule has 1 aromatic carbocycles. The molecule has 1 aliphatic heterocycles. The Morgan fingerprint density at radius 2 is 2.12 bits per heavy atom. The summed E-state index contributed by atoms with van der Waals surface area (Å²) in [4.78, 5) is 14.9. The average molecular weight is 342 g/mol. The minimum absolute atomic E-state index is 0.00425. The van der Waals surface area contributed by atoms with Gasteiger partial charge in [-0.25, -0.2) is 0 Å². The number of carbonyl (C=O) groups is 1. The van der Waals surface area contributed by atoms with Crippen molar-refractivity contribution in [3.05, 3.63) is 60.1 Å². The van der Waals surface area contributed by atoms with E-state index in [1.54, 1.807) is 19.1 Å². The zero-order valence-corrected chi connectivity index (χ0v) is 14.6. The molecular weight excluding hydrogens is 316 g/mol. The summed E-state index contributed by atoms with van der Waals surface area (Å²) in [5, 5.41) is 13.3. The fourth-order valence-corrected chi connectivity index (χ4v) is 3.33. The molecule has 5 heteroatoms. The molecule has 0 aliphatic carbocycles. The summed E-state index contributed by atoms with van der Waals surface area (Å²) in [6.07, 6.45) is 3.42. The summed E-state index contributed by atoms with van der Waals surface area (Å²) < 4.78 is 5.25. The Labute approximate surface area is 148 Å². The summed E-state index contributed by atoms with van der Waals surface area (Å²) in [6.45, 7) is 4.43. The van der Waals surface area contributed by atoms with Crippen LogP contribution in [0.5, 0.6) is 0 Å². The number of aliphatic hydroxyl groups is 1. The molecule has 1 amide bonds. The molecule has 2 unspecified atom stereocenters. The Kier molecular flexibility index (Phi) is 5.56. The van der Waals surface area contributed by atoms with Crippen molar-refractivity contribution in [2.45, 2.75) is 31.9 Å². The second-order valence-corrected chi connectivity index (χ2v) is 7.03. The molecule has 0 spiro atoms. The van der Waals surface area contributed by atoms with Gasteiger partial charge in [0, 0.05) is 13.1 Å². The largest absolute Gasteiger partial charge is 0.466 e. The predicted molar refractivity (Wildman–Crippen MR) is 95.7 cm³/mol. The monoisotopic (exact) mass is 342 g/mol. The van der Waals surface area contributed by atoms with E-state index in [1.165, 1.54) is 11.8 Å². The summed E-state index contributed by atoms with van der Waals surface area (Å²) in [6, 6.07) is 13.8. The second-order valence-electron chi connectivity index (χ2n) is 7.03. The van der Waals surface area contributed by atoms with Gasteiger partial charge >= 0.3 is 0 Å². The molecule has 1 aromatic heterocycles. The molecule has 0 radical (unpaired) electrons. The van der Waals surface area contributed by atoms with Gasteiger partial charge in [0.05, 0.1) is 18.7 Å². The summed E-state index contributed by atoms with van der Waals surface area (Å²) in [7, 11) is 0. The maximum Gasteiger partial charge on any atom is 0.224 e. The highest BCUT2D eigenvalue weighted by molar-refractivity contribution is 5.79. The summed E-state index contributed by atoms with van der Waals surface area (Å²) in [5.74, 6) is 0.427. The molecule has 2 atom stereocenters. The first-order valence-electron chi connectivity index (χ1n) is 8.85. The number of hydrogen-bond donors (Lipinski definition) is 2. The Bertz CT molecular complexity index is 668. The van der Waals surface area contributed by atoms with Crippen LogP contribution >= 0.6 is 0 Å². The number of carbonyl (C=O) groups excluding carboxylic acids is 1. The van der Waals surface area contributed by atoms with Gasteiger partial charge < -0.3 is 14.8 Å². The lowest BCUT2D eigenvalue weighted by Crippen LogP contribution is -2.46.